The first-order valence-electron chi connectivity index (χ1n) is 15.0. The standard InChI is InChI=1S/C37H38N2O7/c1-22(25-12-8-6-9-13-25)38-32(40)17-16-24-18-28-33(37(42)39-23(2)26-14-10-7-11-15-26)35(46-36(28)31(19-24)45-5)27-20-29(43-3)34(41)30(21-27)44-4/h6-23,33,35,41H,1-5H3,(H,38,40)(H,39,42)/b17-16+/t22-,23-,33?,35?/m1/s1. The normalized spacial score (nSPS) is 16.5. The lowest BCUT2D eigenvalue weighted by molar-refractivity contribution is -0.124. The highest BCUT2D eigenvalue weighted by molar-refractivity contribution is 5.92. The second kappa shape index (κ2) is 14.1. The maximum atomic E-state index is 14.2. The Labute approximate surface area is 268 Å². The molecule has 2 amide bonds. The molecule has 4 aromatic rings. The predicted molar refractivity (Wildman–Crippen MR) is 175 cm³/mol. The van der Waals surface area contributed by atoms with Crippen molar-refractivity contribution in [1.29, 1.82) is 0 Å². The number of aromatic hydroxyl groups is 1. The molecule has 9 heteroatoms. The van der Waals surface area contributed by atoms with E-state index >= 15 is 0 Å². The monoisotopic (exact) mass is 622 g/mol. The van der Waals surface area contributed by atoms with Gasteiger partial charge in [0.2, 0.25) is 17.6 Å². The van der Waals surface area contributed by atoms with Crippen molar-refractivity contribution in [1.82, 2.24) is 10.6 Å². The van der Waals surface area contributed by atoms with E-state index in [1.807, 2.05) is 80.6 Å². The van der Waals surface area contributed by atoms with Crippen molar-refractivity contribution in [3.05, 3.63) is 119 Å². The molecule has 0 aliphatic carbocycles. The molecule has 1 aliphatic rings. The van der Waals surface area contributed by atoms with Crippen LogP contribution in [0.1, 0.15) is 65.8 Å². The number of amides is 2. The number of nitrogens with one attached hydrogen (secondary N) is 2. The van der Waals surface area contributed by atoms with E-state index in [2.05, 4.69) is 10.6 Å². The SMILES string of the molecule is COc1cc(C2Oc3c(OC)cc(/C=C/C(=O)N[C@H](C)c4ccccc4)cc3C2C(=O)N[C@H](C)c2ccccc2)cc(OC)c1O. The molecule has 5 rings (SSSR count). The number of carbonyl (C=O) groups excluding carboxylic acids is 2. The van der Waals surface area contributed by atoms with Gasteiger partial charge in [-0.15, -0.1) is 0 Å². The zero-order valence-electron chi connectivity index (χ0n) is 26.4. The van der Waals surface area contributed by atoms with Gasteiger partial charge in [-0.3, -0.25) is 9.59 Å². The average Bonchev–Trinajstić information content (AvgIpc) is 3.47. The Morgan fingerprint density at radius 1 is 0.783 bits per heavy atom. The Hall–Kier alpha value is -5.44. The molecule has 9 nitrogen and oxygen atoms in total. The zero-order chi connectivity index (χ0) is 32.8. The van der Waals surface area contributed by atoms with Crippen LogP contribution in [0.2, 0.25) is 0 Å². The van der Waals surface area contributed by atoms with Crippen LogP contribution in [0, 0.1) is 0 Å². The number of hydrogen-bond acceptors (Lipinski definition) is 7. The van der Waals surface area contributed by atoms with Crippen LogP contribution in [0.3, 0.4) is 0 Å². The van der Waals surface area contributed by atoms with Crippen LogP contribution in [-0.2, 0) is 9.59 Å². The molecule has 0 aromatic heterocycles. The summed E-state index contributed by atoms with van der Waals surface area (Å²) < 4.78 is 23.0. The maximum Gasteiger partial charge on any atom is 0.244 e. The van der Waals surface area contributed by atoms with Gasteiger partial charge in [-0.25, -0.2) is 0 Å². The first-order chi connectivity index (χ1) is 22.2. The smallest absolute Gasteiger partial charge is 0.244 e. The lowest BCUT2D eigenvalue weighted by Gasteiger charge is -2.23. The minimum atomic E-state index is -0.825. The number of fused-ring (bicyclic) bond motifs is 1. The van der Waals surface area contributed by atoms with Gasteiger partial charge in [-0.05, 0) is 60.9 Å². The number of hydrogen-bond donors (Lipinski definition) is 3. The molecular formula is C37H38N2O7. The summed E-state index contributed by atoms with van der Waals surface area (Å²) in [4.78, 5) is 27.0. The second-order valence-electron chi connectivity index (χ2n) is 11.0. The zero-order valence-corrected chi connectivity index (χ0v) is 26.4. The summed E-state index contributed by atoms with van der Waals surface area (Å²) in [5.41, 5.74) is 3.74. The molecule has 0 saturated carbocycles. The van der Waals surface area contributed by atoms with Crippen LogP contribution in [0.5, 0.6) is 28.7 Å². The van der Waals surface area contributed by atoms with Crippen LogP contribution >= 0.6 is 0 Å². The van der Waals surface area contributed by atoms with E-state index in [0.29, 0.717) is 28.2 Å². The van der Waals surface area contributed by atoms with Crippen LogP contribution in [0.4, 0.5) is 0 Å². The molecule has 0 spiro atoms. The van der Waals surface area contributed by atoms with Crippen LogP contribution in [0.15, 0.2) is 91.0 Å². The summed E-state index contributed by atoms with van der Waals surface area (Å²) in [7, 11) is 4.40. The van der Waals surface area contributed by atoms with E-state index in [-0.39, 0.29) is 41.1 Å². The topological polar surface area (TPSA) is 115 Å². The van der Waals surface area contributed by atoms with Gasteiger partial charge in [-0.2, -0.15) is 0 Å². The lowest BCUT2D eigenvalue weighted by Crippen LogP contribution is -2.33. The lowest BCUT2D eigenvalue weighted by atomic mass is 9.88. The molecule has 4 aromatic carbocycles. The minimum absolute atomic E-state index is 0.159. The van der Waals surface area contributed by atoms with Crippen molar-refractivity contribution in [3.63, 3.8) is 0 Å². The Morgan fingerprint density at radius 2 is 1.33 bits per heavy atom. The van der Waals surface area contributed by atoms with Gasteiger partial charge in [-0.1, -0.05) is 60.7 Å². The summed E-state index contributed by atoms with van der Waals surface area (Å²) >= 11 is 0. The highest BCUT2D eigenvalue weighted by Gasteiger charge is 2.43. The number of benzene rings is 4. The fraction of sp³-hybridized carbons (Fsp3) is 0.243. The van der Waals surface area contributed by atoms with Gasteiger partial charge in [0.1, 0.15) is 12.0 Å². The molecule has 238 valence electrons. The molecule has 0 saturated heterocycles. The third kappa shape index (κ3) is 6.78. The molecule has 0 bridgehead atoms. The molecule has 4 atom stereocenters. The second-order valence-corrected chi connectivity index (χ2v) is 11.0. The number of carbonyl (C=O) groups is 2. The molecule has 0 fully saturated rings. The fourth-order valence-corrected chi connectivity index (χ4v) is 5.61. The highest BCUT2D eigenvalue weighted by Crippen LogP contribution is 2.53. The van der Waals surface area contributed by atoms with E-state index in [0.717, 1.165) is 11.1 Å². The summed E-state index contributed by atoms with van der Waals surface area (Å²) in [6, 6.07) is 25.7. The average molecular weight is 623 g/mol. The summed E-state index contributed by atoms with van der Waals surface area (Å²) in [6.07, 6.45) is 2.32. The Bertz CT molecular complexity index is 1700. The van der Waals surface area contributed by atoms with E-state index in [1.165, 1.54) is 27.4 Å². The van der Waals surface area contributed by atoms with E-state index < -0.39 is 12.0 Å². The number of phenols is 1. The predicted octanol–water partition coefficient (Wildman–Crippen LogP) is 6.40. The van der Waals surface area contributed by atoms with Gasteiger partial charge >= 0.3 is 0 Å². The minimum Gasteiger partial charge on any atom is -0.502 e. The molecule has 1 heterocycles. The first-order valence-corrected chi connectivity index (χ1v) is 15.0. The fourth-order valence-electron chi connectivity index (χ4n) is 5.61. The number of rotatable bonds is 11. The van der Waals surface area contributed by atoms with Gasteiger partial charge in [0, 0.05) is 17.2 Å². The van der Waals surface area contributed by atoms with Crippen molar-refractivity contribution in [2.75, 3.05) is 21.3 Å². The molecular weight excluding hydrogens is 584 g/mol. The Morgan fingerprint density at radius 3 is 1.87 bits per heavy atom. The van der Waals surface area contributed by atoms with Gasteiger partial charge < -0.3 is 34.7 Å². The third-order valence-corrected chi connectivity index (χ3v) is 8.07. The van der Waals surface area contributed by atoms with E-state index in [1.54, 1.807) is 24.3 Å². The van der Waals surface area contributed by atoms with Gasteiger partial charge in [0.25, 0.3) is 0 Å². The molecule has 2 unspecified atom stereocenters. The Balaban J connectivity index is 1.51. The first kappa shape index (κ1) is 32.0. The third-order valence-electron chi connectivity index (χ3n) is 8.07. The van der Waals surface area contributed by atoms with Crippen molar-refractivity contribution in [3.8, 4) is 28.7 Å². The number of phenolic OH excluding ortho intramolecular Hbond substituents is 1. The molecule has 3 N–H and O–H groups in total. The van der Waals surface area contributed by atoms with Crippen LogP contribution < -0.4 is 29.6 Å². The summed E-state index contributed by atoms with van der Waals surface area (Å²) in [5, 5.41) is 16.7. The van der Waals surface area contributed by atoms with Gasteiger partial charge in [0.15, 0.2) is 23.0 Å². The van der Waals surface area contributed by atoms with E-state index in [9.17, 15) is 14.7 Å². The van der Waals surface area contributed by atoms with E-state index in [4.69, 9.17) is 18.9 Å². The van der Waals surface area contributed by atoms with Crippen molar-refractivity contribution in [2.24, 2.45) is 0 Å². The molecule has 1 aliphatic heterocycles. The quantitative estimate of drug-likeness (QED) is 0.166. The van der Waals surface area contributed by atoms with Crippen molar-refractivity contribution >= 4 is 17.9 Å². The highest BCUT2D eigenvalue weighted by atomic mass is 16.5. The van der Waals surface area contributed by atoms with Gasteiger partial charge in [0.05, 0.1) is 33.4 Å². The molecule has 46 heavy (non-hydrogen) atoms. The summed E-state index contributed by atoms with van der Waals surface area (Å²) in [5.74, 6) is -0.353. The number of ether oxygens (including phenoxy) is 4. The molecule has 0 radical (unpaired) electrons. The Kier molecular flexibility index (Phi) is 9.81. The largest absolute Gasteiger partial charge is 0.502 e. The van der Waals surface area contributed by atoms with Crippen LogP contribution in [-0.4, -0.2) is 38.3 Å². The van der Waals surface area contributed by atoms with Crippen LogP contribution in [0.25, 0.3) is 6.08 Å². The van der Waals surface area contributed by atoms with Crippen molar-refractivity contribution in [2.45, 2.75) is 38.0 Å². The summed E-state index contributed by atoms with van der Waals surface area (Å²) in [6.45, 7) is 3.84. The maximum absolute atomic E-state index is 14.2. The van der Waals surface area contributed by atoms with Crippen molar-refractivity contribution < 1.29 is 33.6 Å². The number of methoxy groups -OCH3 is 3.